The molecule has 4 N–H and O–H groups in total. The van der Waals surface area contributed by atoms with Crippen LogP contribution in [0, 0.1) is 5.82 Å². The van der Waals surface area contributed by atoms with E-state index in [1.807, 2.05) is 12.3 Å². The third-order valence-electron chi connectivity index (χ3n) is 6.58. The van der Waals surface area contributed by atoms with E-state index >= 15 is 0 Å². The van der Waals surface area contributed by atoms with Gasteiger partial charge in [-0.2, -0.15) is 0 Å². The highest BCUT2D eigenvalue weighted by Gasteiger charge is 2.18. The van der Waals surface area contributed by atoms with Gasteiger partial charge in [-0.25, -0.2) is 24.3 Å². The second-order valence-electron chi connectivity index (χ2n) is 9.06. The van der Waals surface area contributed by atoms with Gasteiger partial charge in [-0.1, -0.05) is 12.1 Å². The molecule has 0 bridgehead atoms. The van der Waals surface area contributed by atoms with Gasteiger partial charge in [0.15, 0.2) is 17.4 Å². The number of anilines is 4. The molecule has 10 nitrogen and oxygen atoms in total. The van der Waals surface area contributed by atoms with E-state index in [0.29, 0.717) is 51.6 Å². The summed E-state index contributed by atoms with van der Waals surface area (Å²) in [7, 11) is 3.07. The third kappa shape index (κ3) is 6.44. The topological polar surface area (TPSA) is 126 Å². The fourth-order valence-electron chi connectivity index (χ4n) is 4.58. The van der Waals surface area contributed by atoms with E-state index < -0.39 is 5.82 Å². The summed E-state index contributed by atoms with van der Waals surface area (Å²) in [5, 5.41) is 12.5. The number of hydrogen-bond acceptors (Lipinski definition) is 9. The van der Waals surface area contributed by atoms with Crippen molar-refractivity contribution in [3.8, 4) is 17.1 Å². The fraction of sp³-hybridized carbons (Fsp3) is 0.250. The molecule has 1 fully saturated rings. The number of hydrogen-bond donors (Lipinski definition) is 4. The quantitative estimate of drug-likeness (QED) is 0.238. The molecule has 0 saturated carbocycles. The van der Waals surface area contributed by atoms with Gasteiger partial charge >= 0.3 is 0 Å². The van der Waals surface area contributed by atoms with Crippen LogP contribution in [-0.2, 0) is 0 Å². The number of piperidine rings is 1. The van der Waals surface area contributed by atoms with Crippen molar-refractivity contribution in [1.29, 1.82) is 0 Å². The van der Waals surface area contributed by atoms with Crippen LogP contribution in [0.25, 0.3) is 11.4 Å². The molecule has 4 heterocycles. The van der Waals surface area contributed by atoms with Crippen molar-refractivity contribution in [3.05, 3.63) is 78.1 Å². The zero-order valence-electron chi connectivity index (χ0n) is 22.1. The molecule has 1 aromatic carbocycles. The van der Waals surface area contributed by atoms with Crippen LogP contribution in [0.2, 0.25) is 0 Å². The number of carbonyl (C=O) groups is 1. The van der Waals surface area contributed by atoms with E-state index in [2.05, 4.69) is 47.3 Å². The van der Waals surface area contributed by atoms with Crippen LogP contribution in [-0.4, -0.2) is 53.1 Å². The Morgan fingerprint density at radius 2 is 1.70 bits per heavy atom. The zero-order valence-corrected chi connectivity index (χ0v) is 22.9. The Morgan fingerprint density at radius 1 is 0.950 bits per heavy atom. The van der Waals surface area contributed by atoms with Crippen LogP contribution in [0.4, 0.5) is 27.4 Å². The van der Waals surface area contributed by atoms with Crippen molar-refractivity contribution in [2.24, 2.45) is 0 Å². The highest BCUT2D eigenvalue weighted by atomic mass is 35.5. The zero-order chi connectivity index (χ0) is 27.2. The Morgan fingerprint density at radius 3 is 2.38 bits per heavy atom. The minimum Gasteiger partial charge on any atom is -0.494 e. The molecule has 12 heteroatoms. The summed E-state index contributed by atoms with van der Waals surface area (Å²) in [5.74, 6) is 1.57. The SMILES string of the molecule is CNC(=O)c1cnc(Nc2ccc(C3CCNCC3)cn2)cc1Nc1cccc(-c2ncc(F)cn2)c1OC.Cl. The van der Waals surface area contributed by atoms with Gasteiger partial charge < -0.3 is 26.0 Å². The molecule has 3 aromatic heterocycles. The molecule has 1 aliphatic heterocycles. The lowest BCUT2D eigenvalue weighted by Crippen LogP contribution is -2.26. The van der Waals surface area contributed by atoms with Crippen molar-refractivity contribution in [2.45, 2.75) is 18.8 Å². The number of carbonyl (C=O) groups excluding carboxylic acids is 1. The molecule has 1 aliphatic rings. The predicted molar refractivity (Wildman–Crippen MR) is 155 cm³/mol. The Bertz CT molecular complexity index is 1450. The van der Waals surface area contributed by atoms with Crippen LogP contribution in [0.3, 0.4) is 0 Å². The van der Waals surface area contributed by atoms with Gasteiger partial charge in [-0.05, 0) is 55.6 Å². The van der Waals surface area contributed by atoms with Crippen LogP contribution in [0.5, 0.6) is 5.75 Å². The molecule has 1 saturated heterocycles. The lowest BCUT2D eigenvalue weighted by Gasteiger charge is -2.22. The van der Waals surface area contributed by atoms with Crippen molar-refractivity contribution in [3.63, 3.8) is 0 Å². The first-order chi connectivity index (χ1) is 19.1. The number of halogens is 2. The number of aromatic nitrogens is 4. The first-order valence-corrected chi connectivity index (χ1v) is 12.6. The van der Waals surface area contributed by atoms with E-state index in [1.54, 1.807) is 31.3 Å². The molecule has 4 aromatic rings. The minimum atomic E-state index is -0.533. The van der Waals surface area contributed by atoms with Crippen LogP contribution in [0.1, 0.15) is 34.7 Å². The summed E-state index contributed by atoms with van der Waals surface area (Å²) in [6.07, 6.45) is 7.79. The number of ether oxygens (including phenoxy) is 1. The van der Waals surface area contributed by atoms with Crippen molar-refractivity contribution in [1.82, 2.24) is 30.6 Å². The maximum atomic E-state index is 13.4. The summed E-state index contributed by atoms with van der Waals surface area (Å²) in [6.45, 7) is 2.04. The Hall–Kier alpha value is -4.35. The third-order valence-corrected chi connectivity index (χ3v) is 6.58. The van der Waals surface area contributed by atoms with Crippen LogP contribution in [0.15, 0.2) is 61.2 Å². The van der Waals surface area contributed by atoms with E-state index in [4.69, 9.17) is 4.74 Å². The van der Waals surface area contributed by atoms with Gasteiger partial charge in [-0.15, -0.1) is 12.4 Å². The number of amides is 1. The summed E-state index contributed by atoms with van der Waals surface area (Å²) < 4.78 is 19.0. The first-order valence-electron chi connectivity index (χ1n) is 12.6. The standard InChI is InChI=1S/C28H29FN8O2.ClH/c1-30-28(38)21-16-33-25(37-24-7-6-18(13-32-24)17-8-10-31-11-9-17)12-23(21)36-22-5-3-4-20(26(22)39-2)27-34-14-19(29)15-35-27;/h3-7,12-17,31H,8-11H2,1-2H3,(H,30,38)(H2,32,33,36,37);1H. The second kappa shape index (κ2) is 13.1. The van der Waals surface area contributed by atoms with Crippen LogP contribution >= 0.6 is 12.4 Å². The average Bonchev–Trinajstić information content (AvgIpc) is 2.98. The largest absolute Gasteiger partial charge is 0.494 e. The highest BCUT2D eigenvalue weighted by Crippen LogP contribution is 2.37. The first kappa shape index (κ1) is 28.7. The van der Waals surface area contributed by atoms with Gasteiger partial charge in [0.25, 0.3) is 5.91 Å². The van der Waals surface area contributed by atoms with Gasteiger partial charge in [0, 0.05) is 25.5 Å². The summed E-state index contributed by atoms with van der Waals surface area (Å²) in [4.78, 5) is 29.8. The molecule has 40 heavy (non-hydrogen) atoms. The molecule has 208 valence electrons. The number of nitrogens with zero attached hydrogens (tertiary/aromatic N) is 4. The summed E-state index contributed by atoms with van der Waals surface area (Å²) >= 11 is 0. The predicted octanol–water partition coefficient (Wildman–Crippen LogP) is 4.82. The molecular formula is C28H30ClFN8O2. The molecule has 5 rings (SSSR count). The van der Waals surface area contributed by atoms with Gasteiger partial charge in [-0.3, -0.25) is 4.79 Å². The number of para-hydroxylation sites is 1. The minimum absolute atomic E-state index is 0. The number of nitrogens with one attached hydrogen (secondary N) is 4. The normalized spacial score (nSPS) is 13.2. The molecule has 0 atom stereocenters. The number of pyridine rings is 2. The molecule has 0 radical (unpaired) electrons. The van der Waals surface area contributed by atoms with E-state index in [1.165, 1.54) is 18.9 Å². The van der Waals surface area contributed by atoms with Crippen molar-refractivity contribution >= 4 is 41.3 Å². The van der Waals surface area contributed by atoms with Gasteiger partial charge in [0.1, 0.15) is 11.6 Å². The van der Waals surface area contributed by atoms with E-state index in [0.717, 1.165) is 38.3 Å². The highest BCUT2D eigenvalue weighted by molar-refractivity contribution is 6.00. The van der Waals surface area contributed by atoms with Gasteiger partial charge in [0.2, 0.25) is 0 Å². The van der Waals surface area contributed by atoms with Crippen LogP contribution < -0.4 is 26.0 Å². The van der Waals surface area contributed by atoms with Crippen molar-refractivity contribution < 1.29 is 13.9 Å². The maximum Gasteiger partial charge on any atom is 0.254 e. The lowest BCUT2D eigenvalue weighted by molar-refractivity contribution is 0.0963. The van der Waals surface area contributed by atoms with Gasteiger partial charge in [0.05, 0.1) is 42.0 Å². The Kier molecular flexibility index (Phi) is 9.41. The molecular weight excluding hydrogens is 535 g/mol. The number of methoxy groups -OCH3 is 1. The van der Waals surface area contributed by atoms with E-state index in [9.17, 15) is 9.18 Å². The molecule has 0 aliphatic carbocycles. The number of rotatable bonds is 8. The fourth-order valence-corrected chi connectivity index (χ4v) is 4.58. The Labute approximate surface area is 237 Å². The number of benzene rings is 1. The molecule has 0 unspecified atom stereocenters. The smallest absolute Gasteiger partial charge is 0.254 e. The van der Waals surface area contributed by atoms with Crippen molar-refractivity contribution in [2.75, 3.05) is 37.9 Å². The molecule has 1 amide bonds. The second-order valence-corrected chi connectivity index (χ2v) is 9.06. The summed E-state index contributed by atoms with van der Waals surface area (Å²) in [6, 6.07) is 11.1. The summed E-state index contributed by atoms with van der Waals surface area (Å²) in [5.41, 5.74) is 3.19. The lowest BCUT2D eigenvalue weighted by atomic mass is 9.91. The average molecular weight is 565 g/mol. The molecule has 0 spiro atoms. The maximum absolute atomic E-state index is 13.4. The monoisotopic (exact) mass is 564 g/mol. The Balaban J connectivity index is 0.00000370. The van der Waals surface area contributed by atoms with E-state index in [-0.39, 0.29) is 18.3 Å².